The van der Waals surface area contributed by atoms with Gasteiger partial charge in [-0.05, 0) is 18.6 Å². The van der Waals surface area contributed by atoms with E-state index in [1.54, 1.807) is 0 Å². The number of aromatic carboxylic acids is 1. The molecule has 5 atom stereocenters. The molecule has 1 saturated heterocycles. The van der Waals surface area contributed by atoms with Gasteiger partial charge in [-0.3, -0.25) is 9.59 Å². The van der Waals surface area contributed by atoms with Crippen molar-refractivity contribution in [3.8, 4) is 23.0 Å². The van der Waals surface area contributed by atoms with Crippen molar-refractivity contribution in [3.63, 3.8) is 0 Å². The van der Waals surface area contributed by atoms with Crippen molar-refractivity contribution in [2.24, 2.45) is 0 Å². The van der Waals surface area contributed by atoms with E-state index in [4.69, 9.17) is 4.74 Å². The third kappa shape index (κ3) is 3.63. The molecule has 2 aromatic carbocycles. The summed E-state index contributed by atoms with van der Waals surface area (Å²) < 4.78 is 5.30. The summed E-state index contributed by atoms with van der Waals surface area (Å²) in [5, 5.41) is 91.5. The second kappa shape index (κ2) is 9.34. The number of fused-ring (bicyclic) bond motifs is 2. The number of hydrogen-bond donors (Lipinski definition) is 9. The first kappa shape index (κ1) is 27.4. The molecule has 36 heavy (non-hydrogen) atoms. The molecule has 0 bridgehead atoms. The SMILES string of the molecule is Cc1c(C(=O)O)c(O)cc2c1C(=O)c1c(O)c([C@@H]3O[C@H](CO)[C@@H](O)[C@H](O)[C@H]3O)c(O)c(O)c1C2=O.[Al]. The largest absolute Gasteiger partial charge is 0.507 e. The van der Waals surface area contributed by atoms with Crippen LogP contribution in [-0.2, 0) is 4.74 Å². The second-order valence-electron chi connectivity index (χ2n) is 8.24. The van der Waals surface area contributed by atoms with E-state index in [2.05, 4.69) is 0 Å². The summed E-state index contributed by atoms with van der Waals surface area (Å²) in [6.45, 7) is 0.291. The highest BCUT2D eigenvalue weighted by atomic mass is 27.0. The summed E-state index contributed by atoms with van der Waals surface area (Å²) in [5.41, 5.74) is -4.49. The number of carboxylic acid groups (broad SMARTS) is 1. The zero-order chi connectivity index (χ0) is 26.1. The van der Waals surface area contributed by atoms with Crippen molar-refractivity contribution in [2.75, 3.05) is 6.61 Å². The maximum atomic E-state index is 13.4. The van der Waals surface area contributed by atoms with Gasteiger partial charge in [0.2, 0.25) is 0 Å². The average Bonchev–Trinajstić information content (AvgIpc) is 2.79. The number of carbonyl (C=O) groups excluding carboxylic acids is 2. The number of phenols is 4. The van der Waals surface area contributed by atoms with Crippen LogP contribution in [0.1, 0.15) is 59.4 Å². The van der Waals surface area contributed by atoms with Crippen molar-refractivity contribution < 1.29 is 65.1 Å². The summed E-state index contributed by atoms with van der Waals surface area (Å²) in [7, 11) is 0. The van der Waals surface area contributed by atoms with Gasteiger partial charge in [-0.2, -0.15) is 0 Å². The summed E-state index contributed by atoms with van der Waals surface area (Å²) >= 11 is 0. The molecule has 1 aliphatic heterocycles. The lowest BCUT2D eigenvalue weighted by molar-refractivity contribution is -0.232. The third-order valence-corrected chi connectivity index (χ3v) is 6.33. The molecule has 0 spiro atoms. The molecule has 1 aliphatic carbocycles. The molecule has 0 amide bonds. The predicted octanol–water partition coefficient (Wildman–Crippen LogP) is -1.57. The van der Waals surface area contributed by atoms with Crippen LogP contribution >= 0.6 is 0 Å². The van der Waals surface area contributed by atoms with Gasteiger partial charge in [0.1, 0.15) is 47.6 Å². The number of ether oxygens (including phenoxy) is 1. The summed E-state index contributed by atoms with van der Waals surface area (Å²) in [5.74, 6) is -8.24. The maximum Gasteiger partial charge on any atom is 0.339 e. The first-order valence-electron chi connectivity index (χ1n) is 10.2. The van der Waals surface area contributed by atoms with E-state index in [1.165, 1.54) is 0 Å². The van der Waals surface area contributed by atoms with E-state index in [0.717, 1.165) is 6.92 Å². The molecule has 2 aliphatic rings. The first-order chi connectivity index (χ1) is 16.3. The van der Waals surface area contributed by atoms with Gasteiger partial charge >= 0.3 is 5.97 Å². The molecule has 0 saturated carbocycles. The Hall–Kier alpha value is -3.22. The quantitative estimate of drug-likeness (QED) is 0.108. The lowest BCUT2D eigenvalue weighted by Gasteiger charge is -2.40. The molecule has 0 aromatic heterocycles. The van der Waals surface area contributed by atoms with E-state index in [0.29, 0.717) is 6.07 Å². The Morgan fingerprint density at radius 3 is 2.03 bits per heavy atom. The van der Waals surface area contributed by atoms with Crippen LogP contribution in [0.5, 0.6) is 23.0 Å². The topological polar surface area (TPSA) is 243 Å². The van der Waals surface area contributed by atoms with Crippen LogP contribution in [0.2, 0.25) is 0 Å². The smallest absolute Gasteiger partial charge is 0.339 e. The van der Waals surface area contributed by atoms with Crippen molar-refractivity contribution in [3.05, 3.63) is 45.0 Å². The number of ketones is 2. The van der Waals surface area contributed by atoms with Gasteiger partial charge in [0.05, 0.1) is 23.3 Å². The Bertz CT molecular complexity index is 1300. The lowest BCUT2D eigenvalue weighted by atomic mass is 9.77. The minimum Gasteiger partial charge on any atom is -0.507 e. The number of hydrogen-bond acceptors (Lipinski definition) is 12. The number of phenolic OH excluding ortho intramolecular Hbond substituents is 3. The number of rotatable bonds is 3. The number of carbonyl (C=O) groups is 3. The van der Waals surface area contributed by atoms with Crippen LogP contribution in [0.15, 0.2) is 6.07 Å². The Morgan fingerprint density at radius 2 is 1.47 bits per heavy atom. The Balaban J connectivity index is 0.00000361. The third-order valence-electron chi connectivity index (χ3n) is 6.33. The minimum absolute atomic E-state index is 0. The number of benzene rings is 2. The highest BCUT2D eigenvalue weighted by Crippen LogP contribution is 2.52. The fraction of sp³-hybridized carbons (Fsp3) is 0.318. The Morgan fingerprint density at radius 1 is 0.889 bits per heavy atom. The summed E-state index contributed by atoms with van der Waals surface area (Å²) in [4.78, 5) is 38.1. The number of aliphatic hydroxyl groups excluding tert-OH is 4. The van der Waals surface area contributed by atoms with Crippen LogP contribution in [-0.4, -0.2) is 112 Å². The van der Waals surface area contributed by atoms with Crippen molar-refractivity contribution in [2.45, 2.75) is 37.4 Å². The molecule has 1 heterocycles. The maximum absolute atomic E-state index is 13.4. The number of aromatic hydroxyl groups is 4. The molecule has 0 unspecified atom stereocenters. The molecule has 9 N–H and O–H groups in total. The highest BCUT2D eigenvalue weighted by molar-refractivity contribution is 6.31. The Labute approximate surface area is 212 Å². The molecular weight excluding hydrogens is 499 g/mol. The monoisotopic (exact) mass is 519 g/mol. The number of carboxylic acids is 1. The minimum atomic E-state index is -2.03. The van der Waals surface area contributed by atoms with Gasteiger partial charge in [-0.15, -0.1) is 0 Å². The van der Waals surface area contributed by atoms with E-state index < -0.39 is 111 Å². The van der Waals surface area contributed by atoms with E-state index >= 15 is 0 Å². The van der Waals surface area contributed by atoms with Gasteiger partial charge in [0.15, 0.2) is 23.1 Å². The standard InChI is InChI=1S/C22H20O13.Al/c1-4-8-5(2-6(24)9(4)22(33)34)13(25)10-11(15(8)27)16(28)12(18(30)17(10)29)21-20(32)19(31)14(26)7(3-23)35-21;/h2,7,14,19-21,23-24,26,28-32H,3H2,1H3,(H,33,34);/t7-,14-,19+,20-,21+;/m1./s1. The zero-order valence-electron chi connectivity index (χ0n) is 18.4. The molecule has 2 aromatic rings. The van der Waals surface area contributed by atoms with Gasteiger partial charge in [0, 0.05) is 28.5 Å². The molecular formula is C22H20AlO13. The van der Waals surface area contributed by atoms with Crippen LogP contribution < -0.4 is 0 Å². The summed E-state index contributed by atoms with van der Waals surface area (Å²) in [6, 6.07) is 0.716. The van der Waals surface area contributed by atoms with Gasteiger partial charge < -0.3 is 50.7 Å². The van der Waals surface area contributed by atoms with E-state index in [9.17, 15) is 60.3 Å². The normalized spacial score (nSPS) is 25.1. The zero-order valence-corrected chi connectivity index (χ0v) is 19.6. The Kier molecular flexibility index (Phi) is 7.10. The molecule has 4 rings (SSSR count). The number of aliphatic hydroxyl groups is 4. The fourth-order valence-electron chi connectivity index (χ4n) is 4.58. The molecule has 3 radical (unpaired) electrons. The molecule has 13 nitrogen and oxygen atoms in total. The van der Waals surface area contributed by atoms with E-state index in [1.807, 2.05) is 0 Å². The van der Waals surface area contributed by atoms with Crippen LogP contribution in [0, 0.1) is 6.92 Å². The van der Waals surface area contributed by atoms with Crippen LogP contribution in [0.3, 0.4) is 0 Å². The van der Waals surface area contributed by atoms with Crippen molar-refractivity contribution >= 4 is 34.9 Å². The van der Waals surface area contributed by atoms with Crippen molar-refractivity contribution in [1.82, 2.24) is 0 Å². The van der Waals surface area contributed by atoms with Crippen LogP contribution in [0.25, 0.3) is 0 Å². The molecule has 14 heteroatoms. The molecule has 189 valence electrons. The average molecular weight is 519 g/mol. The molecule has 1 fully saturated rings. The first-order valence-corrected chi connectivity index (χ1v) is 10.2. The predicted molar refractivity (Wildman–Crippen MR) is 117 cm³/mol. The van der Waals surface area contributed by atoms with Crippen molar-refractivity contribution in [1.29, 1.82) is 0 Å². The van der Waals surface area contributed by atoms with Gasteiger partial charge in [0.25, 0.3) is 0 Å². The highest BCUT2D eigenvalue weighted by Gasteiger charge is 2.48. The summed E-state index contributed by atoms with van der Waals surface area (Å²) in [6.07, 6.45) is -9.12. The lowest BCUT2D eigenvalue weighted by Crippen LogP contribution is -2.55. The van der Waals surface area contributed by atoms with Gasteiger partial charge in [-0.1, -0.05) is 0 Å². The fourth-order valence-corrected chi connectivity index (χ4v) is 4.58. The van der Waals surface area contributed by atoms with Crippen LogP contribution in [0.4, 0.5) is 0 Å². The van der Waals surface area contributed by atoms with E-state index in [-0.39, 0.29) is 22.9 Å². The second-order valence-corrected chi connectivity index (χ2v) is 8.24. The van der Waals surface area contributed by atoms with Gasteiger partial charge in [-0.25, -0.2) is 4.79 Å².